The molecule has 3 heterocycles. The van der Waals surface area contributed by atoms with Crippen molar-refractivity contribution in [1.29, 1.82) is 0 Å². The number of aryl methyl sites for hydroxylation is 1. The lowest BCUT2D eigenvalue weighted by Crippen LogP contribution is -2.24. The van der Waals surface area contributed by atoms with Gasteiger partial charge in [0.1, 0.15) is 0 Å². The minimum atomic E-state index is -0.941. The zero-order valence-corrected chi connectivity index (χ0v) is 14.6. The molecular weight excluding hydrogens is 328 g/mol. The van der Waals surface area contributed by atoms with E-state index < -0.39 is 5.97 Å². The predicted molar refractivity (Wildman–Crippen MR) is 97.7 cm³/mol. The topological polar surface area (TPSA) is 80.0 Å². The quantitative estimate of drug-likeness (QED) is 0.757. The van der Waals surface area contributed by atoms with Gasteiger partial charge in [-0.2, -0.15) is 5.10 Å². The number of aromatic nitrogens is 3. The van der Waals surface area contributed by atoms with Crippen LogP contribution in [0.1, 0.15) is 38.3 Å². The molecule has 132 valence electrons. The molecule has 0 bridgehead atoms. The van der Waals surface area contributed by atoms with E-state index in [2.05, 4.69) is 28.5 Å². The van der Waals surface area contributed by atoms with Crippen LogP contribution in [0.4, 0.5) is 0 Å². The highest BCUT2D eigenvalue weighted by Crippen LogP contribution is 2.24. The third kappa shape index (κ3) is 2.99. The van der Waals surface area contributed by atoms with Gasteiger partial charge in [0.25, 0.3) is 0 Å². The van der Waals surface area contributed by atoms with E-state index in [0.29, 0.717) is 12.0 Å². The fraction of sp³-hybridized carbons (Fsp3) is 0.250. The number of rotatable bonds is 4. The van der Waals surface area contributed by atoms with Crippen LogP contribution in [0.15, 0.2) is 42.9 Å². The van der Waals surface area contributed by atoms with Gasteiger partial charge in [-0.05, 0) is 54.3 Å². The monoisotopic (exact) mass is 348 g/mol. The van der Waals surface area contributed by atoms with Crippen molar-refractivity contribution in [3.63, 3.8) is 0 Å². The zero-order valence-electron chi connectivity index (χ0n) is 14.6. The molecule has 0 unspecified atom stereocenters. The molecule has 0 atom stereocenters. The summed E-state index contributed by atoms with van der Waals surface area (Å²) in [5, 5.41) is 17.5. The second kappa shape index (κ2) is 6.72. The van der Waals surface area contributed by atoms with E-state index in [9.17, 15) is 9.90 Å². The van der Waals surface area contributed by atoms with Gasteiger partial charge in [0.15, 0.2) is 0 Å². The second-order valence-corrected chi connectivity index (χ2v) is 6.56. The van der Waals surface area contributed by atoms with Gasteiger partial charge in [0.2, 0.25) is 0 Å². The van der Waals surface area contributed by atoms with Gasteiger partial charge in [-0.3, -0.25) is 4.98 Å². The molecule has 0 spiro atoms. The number of fused-ring (bicyclic) bond motifs is 1. The summed E-state index contributed by atoms with van der Waals surface area (Å²) >= 11 is 0. The summed E-state index contributed by atoms with van der Waals surface area (Å²) in [4.78, 5) is 15.5. The number of carboxylic acids is 1. The number of nitrogens with one attached hydrogen (secondary N) is 1. The van der Waals surface area contributed by atoms with Gasteiger partial charge in [-0.25, -0.2) is 9.48 Å². The zero-order chi connectivity index (χ0) is 18.1. The van der Waals surface area contributed by atoms with E-state index in [-0.39, 0.29) is 5.56 Å². The van der Waals surface area contributed by atoms with Crippen molar-refractivity contribution in [3.8, 4) is 5.69 Å². The Labute approximate surface area is 151 Å². The Kier molecular flexibility index (Phi) is 4.26. The summed E-state index contributed by atoms with van der Waals surface area (Å²) < 4.78 is 1.92. The summed E-state index contributed by atoms with van der Waals surface area (Å²) in [5.74, 6) is -0.941. The highest BCUT2D eigenvalue weighted by molar-refractivity contribution is 5.89. The molecule has 2 aromatic heterocycles. The molecule has 0 amide bonds. The highest BCUT2D eigenvalue weighted by Gasteiger charge is 2.17. The van der Waals surface area contributed by atoms with Crippen LogP contribution in [-0.4, -0.2) is 32.4 Å². The second-order valence-electron chi connectivity index (χ2n) is 6.56. The first kappa shape index (κ1) is 16.5. The Balaban J connectivity index is 1.71. The van der Waals surface area contributed by atoms with Gasteiger partial charge >= 0.3 is 5.97 Å². The number of carboxylic acid groups (broad SMARTS) is 1. The summed E-state index contributed by atoms with van der Waals surface area (Å²) in [6.07, 6.45) is 6.56. The lowest BCUT2D eigenvalue weighted by molar-refractivity contribution is 0.0695. The van der Waals surface area contributed by atoms with E-state index in [1.165, 1.54) is 23.4 Å². The third-order valence-electron chi connectivity index (χ3n) is 4.85. The molecule has 3 aromatic rings. The van der Waals surface area contributed by atoms with Crippen LogP contribution in [0.3, 0.4) is 0 Å². The van der Waals surface area contributed by atoms with Crippen molar-refractivity contribution in [2.75, 3.05) is 6.54 Å². The summed E-state index contributed by atoms with van der Waals surface area (Å²) in [6.45, 7) is 3.86. The molecule has 6 nitrogen and oxygen atoms in total. The van der Waals surface area contributed by atoms with Crippen molar-refractivity contribution in [2.45, 2.75) is 26.3 Å². The SMILES string of the molecule is Cc1cn(-c2cccc3c2CCNC3)nc1Cc1cnccc1C(=O)O. The van der Waals surface area contributed by atoms with Crippen LogP contribution in [0.2, 0.25) is 0 Å². The largest absolute Gasteiger partial charge is 0.478 e. The Morgan fingerprint density at radius 2 is 2.23 bits per heavy atom. The van der Waals surface area contributed by atoms with Crippen molar-refractivity contribution in [2.24, 2.45) is 0 Å². The maximum atomic E-state index is 11.4. The van der Waals surface area contributed by atoms with Gasteiger partial charge in [-0.1, -0.05) is 12.1 Å². The van der Waals surface area contributed by atoms with E-state index >= 15 is 0 Å². The number of aromatic carboxylic acids is 1. The molecule has 1 aliphatic rings. The first-order chi connectivity index (χ1) is 12.6. The molecule has 2 N–H and O–H groups in total. The van der Waals surface area contributed by atoms with Crippen LogP contribution < -0.4 is 5.32 Å². The van der Waals surface area contributed by atoms with E-state index in [1.807, 2.05) is 17.8 Å². The fourth-order valence-corrected chi connectivity index (χ4v) is 3.48. The van der Waals surface area contributed by atoms with Crippen molar-refractivity contribution in [1.82, 2.24) is 20.1 Å². The number of pyridine rings is 1. The van der Waals surface area contributed by atoms with E-state index in [1.54, 1.807) is 6.20 Å². The third-order valence-corrected chi connectivity index (χ3v) is 4.85. The molecule has 1 aromatic carbocycles. The first-order valence-corrected chi connectivity index (χ1v) is 8.66. The molecular formula is C20H20N4O2. The standard InChI is InChI=1S/C20H20N4O2/c1-13-12-24(19-4-2-3-14-10-21-7-5-16(14)19)23-18(13)9-15-11-22-8-6-17(15)20(25)26/h2-4,6,8,11-12,21H,5,7,9-10H2,1H3,(H,25,26). The Hall–Kier alpha value is -2.99. The van der Waals surface area contributed by atoms with Gasteiger partial charge in [-0.15, -0.1) is 0 Å². The molecule has 0 radical (unpaired) electrons. The Morgan fingerprint density at radius 3 is 3.08 bits per heavy atom. The normalized spacial score (nSPS) is 13.4. The van der Waals surface area contributed by atoms with Crippen molar-refractivity contribution >= 4 is 5.97 Å². The first-order valence-electron chi connectivity index (χ1n) is 8.66. The molecule has 1 aliphatic heterocycles. The maximum Gasteiger partial charge on any atom is 0.336 e. The molecule has 4 rings (SSSR count). The number of hydrogen-bond acceptors (Lipinski definition) is 4. The molecule has 26 heavy (non-hydrogen) atoms. The van der Waals surface area contributed by atoms with E-state index in [0.717, 1.165) is 36.5 Å². The minimum Gasteiger partial charge on any atom is -0.478 e. The molecule has 0 aliphatic carbocycles. The highest BCUT2D eigenvalue weighted by atomic mass is 16.4. The molecule has 0 saturated carbocycles. The molecule has 6 heteroatoms. The van der Waals surface area contributed by atoms with Crippen LogP contribution in [0.25, 0.3) is 5.69 Å². The van der Waals surface area contributed by atoms with Gasteiger partial charge in [0.05, 0.1) is 16.9 Å². The summed E-state index contributed by atoms with van der Waals surface area (Å²) in [6, 6.07) is 7.83. The number of carbonyl (C=O) groups is 1. The summed E-state index contributed by atoms with van der Waals surface area (Å²) in [5.41, 5.74) is 6.59. The number of hydrogen-bond donors (Lipinski definition) is 2. The maximum absolute atomic E-state index is 11.4. The van der Waals surface area contributed by atoms with Gasteiger partial charge in [0, 0.05) is 31.6 Å². The lowest BCUT2D eigenvalue weighted by Gasteiger charge is -2.20. The minimum absolute atomic E-state index is 0.275. The molecule has 0 fully saturated rings. The average molecular weight is 348 g/mol. The lowest BCUT2D eigenvalue weighted by atomic mass is 9.99. The van der Waals surface area contributed by atoms with Crippen LogP contribution in [-0.2, 0) is 19.4 Å². The number of nitrogens with zero attached hydrogens (tertiary/aromatic N) is 3. The van der Waals surface area contributed by atoms with Gasteiger partial charge < -0.3 is 10.4 Å². The summed E-state index contributed by atoms with van der Waals surface area (Å²) in [7, 11) is 0. The van der Waals surface area contributed by atoms with Crippen LogP contribution >= 0.6 is 0 Å². The van der Waals surface area contributed by atoms with E-state index in [4.69, 9.17) is 5.10 Å². The number of benzene rings is 1. The Bertz CT molecular complexity index is 978. The smallest absolute Gasteiger partial charge is 0.336 e. The van der Waals surface area contributed by atoms with Crippen LogP contribution in [0, 0.1) is 6.92 Å². The average Bonchev–Trinajstić information content (AvgIpc) is 3.02. The van der Waals surface area contributed by atoms with Crippen molar-refractivity contribution in [3.05, 3.63) is 76.4 Å². The van der Waals surface area contributed by atoms with Crippen LogP contribution in [0.5, 0.6) is 0 Å². The Morgan fingerprint density at radius 1 is 1.35 bits per heavy atom. The molecule has 0 saturated heterocycles. The van der Waals surface area contributed by atoms with Crippen molar-refractivity contribution < 1.29 is 9.90 Å². The predicted octanol–water partition coefficient (Wildman–Crippen LogP) is 2.51. The fourth-order valence-electron chi connectivity index (χ4n) is 3.48.